The van der Waals surface area contributed by atoms with Gasteiger partial charge in [0.25, 0.3) is 5.91 Å². The topological polar surface area (TPSA) is 92.4 Å². The first-order valence-electron chi connectivity index (χ1n) is 8.43. The molecule has 0 aromatic carbocycles. The zero-order valence-electron chi connectivity index (χ0n) is 14.1. The van der Waals surface area contributed by atoms with Crippen LogP contribution in [0, 0.1) is 12.8 Å². The van der Waals surface area contributed by atoms with Crippen LogP contribution in [0.15, 0.2) is 36.8 Å². The van der Waals surface area contributed by atoms with Crippen molar-refractivity contribution in [3.63, 3.8) is 0 Å². The molecule has 134 valence electrons. The lowest BCUT2D eigenvalue weighted by atomic mass is 9.76. The molecule has 26 heavy (non-hydrogen) atoms. The number of nitrogens with zero attached hydrogens (tertiary/aromatic N) is 4. The Bertz CT molecular complexity index is 953. The van der Waals surface area contributed by atoms with E-state index in [1.807, 2.05) is 25.1 Å². The SMILES string of the molecule is Cc1cnc2c(Cl)c(C(=O)N[C@H](c3ccccn3)C3CC(O)C3)nn2c1. The smallest absolute Gasteiger partial charge is 0.273 e. The number of carbonyl (C=O) groups is 1. The van der Waals surface area contributed by atoms with E-state index in [0.717, 1.165) is 11.3 Å². The minimum absolute atomic E-state index is 0.125. The molecule has 8 heteroatoms. The summed E-state index contributed by atoms with van der Waals surface area (Å²) in [6, 6.07) is 5.26. The number of aliphatic hydroxyl groups is 1. The quantitative estimate of drug-likeness (QED) is 0.734. The van der Waals surface area contributed by atoms with E-state index in [0.29, 0.717) is 18.5 Å². The summed E-state index contributed by atoms with van der Waals surface area (Å²) in [5, 5.41) is 17.1. The molecular weight excluding hydrogens is 354 g/mol. The maximum Gasteiger partial charge on any atom is 0.273 e. The van der Waals surface area contributed by atoms with Crippen LogP contribution < -0.4 is 5.32 Å². The number of nitrogens with one attached hydrogen (secondary N) is 1. The second kappa shape index (κ2) is 6.66. The molecule has 3 aromatic heterocycles. The van der Waals surface area contributed by atoms with Crippen molar-refractivity contribution in [3.05, 3.63) is 58.8 Å². The fourth-order valence-corrected chi connectivity index (χ4v) is 3.51. The van der Waals surface area contributed by atoms with Crippen LogP contribution in [0.25, 0.3) is 5.65 Å². The van der Waals surface area contributed by atoms with Gasteiger partial charge in [-0.2, -0.15) is 5.10 Å². The highest BCUT2D eigenvalue weighted by molar-refractivity contribution is 6.36. The van der Waals surface area contributed by atoms with Crippen LogP contribution in [0.4, 0.5) is 0 Å². The standard InChI is InChI=1S/C18H18ClN5O2/c1-10-8-21-17-14(19)16(23-24(17)9-10)18(26)22-15(11-6-12(25)7-11)13-4-2-3-5-20-13/h2-5,8-9,11-12,15,25H,6-7H2,1H3,(H,22,26)/t11?,12?,15-/m0/s1. The predicted octanol–water partition coefficient (Wildman–Crippen LogP) is 2.33. The molecule has 1 atom stereocenters. The van der Waals surface area contributed by atoms with Crippen molar-refractivity contribution in [1.82, 2.24) is 24.9 Å². The number of amides is 1. The highest BCUT2D eigenvalue weighted by atomic mass is 35.5. The van der Waals surface area contributed by atoms with Crippen LogP contribution in [0.2, 0.25) is 5.02 Å². The summed E-state index contributed by atoms with van der Waals surface area (Å²) >= 11 is 6.32. The van der Waals surface area contributed by atoms with E-state index in [4.69, 9.17) is 11.6 Å². The molecule has 0 spiro atoms. The Kier molecular flexibility index (Phi) is 4.34. The average molecular weight is 372 g/mol. The van der Waals surface area contributed by atoms with E-state index in [1.165, 1.54) is 4.52 Å². The van der Waals surface area contributed by atoms with Gasteiger partial charge in [-0.05, 0) is 43.4 Å². The summed E-state index contributed by atoms with van der Waals surface area (Å²) in [5.74, 6) is -0.254. The number of fused-ring (bicyclic) bond motifs is 1. The third kappa shape index (κ3) is 3.04. The minimum Gasteiger partial charge on any atom is -0.393 e. The molecule has 3 heterocycles. The summed E-state index contributed by atoms with van der Waals surface area (Å²) in [4.78, 5) is 21.4. The lowest BCUT2D eigenvalue weighted by molar-refractivity contribution is 0.0227. The number of rotatable bonds is 4. The maximum absolute atomic E-state index is 12.8. The minimum atomic E-state index is -0.379. The van der Waals surface area contributed by atoms with Crippen molar-refractivity contribution in [2.45, 2.75) is 31.9 Å². The van der Waals surface area contributed by atoms with E-state index in [1.54, 1.807) is 18.6 Å². The third-order valence-corrected chi connectivity index (χ3v) is 5.02. The largest absolute Gasteiger partial charge is 0.393 e. The Morgan fingerprint density at radius 1 is 1.38 bits per heavy atom. The fourth-order valence-electron chi connectivity index (χ4n) is 3.25. The molecule has 4 rings (SSSR count). The molecule has 0 aliphatic heterocycles. The zero-order valence-corrected chi connectivity index (χ0v) is 14.9. The Labute approximate surface area is 155 Å². The van der Waals surface area contributed by atoms with Crippen LogP contribution >= 0.6 is 11.6 Å². The van der Waals surface area contributed by atoms with Gasteiger partial charge < -0.3 is 10.4 Å². The van der Waals surface area contributed by atoms with Gasteiger partial charge in [-0.3, -0.25) is 9.78 Å². The van der Waals surface area contributed by atoms with Crippen LogP contribution in [0.3, 0.4) is 0 Å². The Morgan fingerprint density at radius 3 is 2.88 bits per heavy atom. The van der Waals surface area contributed by atoms with E-state index in [2.05, 4.69) is 20.4 Å². The van der Waals surface area contributed by atoms with Crippen molar-refractivity contribution in [1.29, 1.82) is 0 Å². The molecular formula is C18H18ClN5O2. The number of aliphatic hydroxyl groups excluding tert-OH is 1. The van der Waals surface area contributed by atoms with Gasteiger partial charge in [0.05, 0.1) is 17.8 Å². The number of hydrogen-bond acceptors (Lipinski definition) is 5. The first kappa shape index (κ1) is 16.9. The second-order valence-corrected chi connectivity index (χ2v) is 7.03. The van der Waals surface area contributed by atoms with Gasteiger partial charge in [-0.1, -0.05) is 17.7 Å². The van der Waals surface area contributed by atoms with Crippen LogP contribution in [0.1, 0.15) is 40.6 Å². The second-order valence-electron chi connectivity index (χ2n) is 6.65. The van der Waals surface area contributed by atoms with Gasteiger partial charge >= 0.3 is 0 Å². The lowest BCUT2D eigenvalue weighted by Crippen LogP contribution is -2.42. The number of hydrogen-bond donors (Lipinski definition) is 2. The Balaban J connectivity index is 1.63. The molecule has 1 aliphatic rings. The Morgan fingerprint density at radius 2 is 2.19 bits per heavy atom. The first-order chi connectivity index (χ1) is 12.5. The van der Waals surface area contributed by atoms with Gasteiger partial charge in [-0.25, -0.2) is 9.50 Å². The van der Waals surface area contributed by atoms with E-state index in [9.17, 15) is 9.90 Å². The van der Waals surface area contributed by atoms with Gasteiger partial charge in [0, 0.05) is 18.6 Å². The molecule has 2 N–H and O–H groups in total. The molecule has 3 aromatic rings. The third-order valence-electron chi connectivity index (χ3n) is 4.67. The predicted molar refractivity (Wildman–Crippen MR) is 95.9 cm³/mol. The molecule has 1 amide bonds. The summed E-state index contributed by atoms with van der Waals surface area (Å²) in [6.07, 6.45) is 6.06. The molecule has 1 aliphatic carbocycles. The first-order valence-corrected chi connectivity index (χ1v) is 8.81. The molecule has 7 nitrogen and oxygen atoms in total. The fraction of sp³-hybridized carbons (Fsp3) is 0.333. The number of pyridine rings is 1. The molecule has 1 saturated carbocycles. The highest BCUT2D eigenvalue weighted by Gasteiger charge is 2.37. The molecule has 0 radical (unpaired) electrons. The van der Waals surface area contributed by atoms with Crippen molar-refractivity contribution in [2.24, 2.45) is 5.92 Å². The van der Waals surface area contributed by atoms with Gasteiger partial charge in [0.2, 0.25) is 0 Å². The van der Waals surface area contributed by atoms with Crippen molar-refractivity contribution in [3.8, 4) is 0 Å². The number of carbonyl (C=O) groups excluding carboxylic acids is 1. The van der Waals surface area contributed by atoms with Crippen LogP contribution in [0.5, 0.6) is 0 Å². The Hall–Kier alpha value is -2.51. The average Bonchev–Trinajstić information content (AvgIpc) is 2.94. The molecule has 0 bridgehead atoms. The van der Waals surface area contributed by atoms with Gasteiger partial charge in [0.1, 0.15) is 5.02 Å². The van der Waals surface area contributed by atoms with E-state index < -0.39 is 0 Å². The summed E-state index contributed by atoms with van der Waals surface area (Å²) < 4.78 is 1.51. The monoisotopic (exact) mass is 371 g/mol. The molecule has 0 unspecified atom stereocenters. The van der Waals surface area contributed by atoms with Crippen LogP contribution in [-0.4, -0.2) is 36.7 Å². The number of aryl methyl sites for hydroxylation is 1. The van der Waals surface area contributed by atoms with E-state index >= 15 is 0 Å². The van der Waals surface area contributed by atoms with Crippen molar-refractivity contribution in [2.75, 3.05) is 0 Å². The van der Waals surface area contributed by atoms with Crippen molar-refractivity contribution >= 4 is 23.2 Å². The van der Waals surface area contributed by atoms with E-state index in [-0.39, 0.29) is 34.7 Å². The number of halogens is 1. The zero-order chi connectivity index (χ0) is 18.3. The van der Waals surface area contributed by atoms with Crippen molar-refractivity contribution < 1.29 is 9.90 Å². The molecule has 1 fully saturated rings. The summed E-state index contributed by atoms with van der Waals surface area (Å²) in [5.41, 5.74) is 2.24. The summed E-state index contributed by atoms with van der Waals surface area (Å²) in [7, 11) is 0. The summed E-state index contributed by atoms with van der Waals surface area (Å²) in [6.45, 7) is 1.89. The molecule has 0 saturated heterocycles. The van der Waals surface area contributed by atoms with Gasteiger partial charge in [-0.15, -0.1) is 0 Å². The normalized spacial score (nSPS) is 20.6. The highest BCUT2D eigenvalue weighted by Crippen LogP contribution is 2.37. The maximum atomic E-state index is 12.8. The lowest BCUT2D eigenvalue weighted by Gasteiger charge is -2.37. The number of aromatic nitrogens is 4. The van der Waals surface area contributed by atoms with Gasteiger partial charge in [0.15, 0.2) is 11.3 Å². The van der Waals surface area contributed by atoms with Crippen LogP contribution in [-0.2, 0) is 0 Å².